The predicted molar refractivity (Wildman–Crippen MR) is 116 cm³/mol. The van der Waals surface area contributed by atoms with Crippen LogP contribution in [0.2, 0.25) is 0 Å². The number of para-hydroxylation sites is 1. The van der Waals surface area contributed by atoms with Crippen molar-refractivity contribution < 1.29 is 84.2 Å². The molecular weight excluding hydrogens is 655 g/mol. The Morgan fingerprint density at radius 1 is 0.523 bits per heavy atom. The number of hydrogen-bond acceptors (Lipinski definition) is 2. The highest BCUT2D eigenvalue weighted by Gasteiger charge is 2.95. The van der Waals surface area contributed by atoms with Gasteiger partial charge in [-0.2, -0.15) is 74.6 Å². The fraction of sp³-hybridized carbons (Fsp3) is 0.480. The zero-order valence-electron chi connectivity index (χ0n) is 21.3. The van der Waals surface area contributed by atoms with Gasteiger partial charge in [-0.1, -0.05) is 42.5 Å². The normalized spacial score (nSPS) is 14.5. The van der Waals surface area contributed by atoms with Crippen LogP contribution in [0.4, 0.5) is 74.6 Å². The number of rotatable bonds is 14. The van der Waals surface area contributed by atoms with E-state index in [2.05, 4.69) is 0 Å². The van der Waals surface area contributed by atoms with Crippen molar-refractivity contribution in [2.75, 3.05) is 6.61 Å². The van der Waals surface area contributed by atoms with Gasteiger partial charge in [-0.3, -0.25) is 4.79 Å². The molecule has 2 nitrogen and oxygen atoms in total. The van der Waals surface area contributed by atoms with Crippen molar-refractivity contribution in [1.82, 2.24) is 0 Å². The van der Waals surface area contributed by atoms with E-state index in [1.807, 2.05) is 0 Å². The molecule has 248 valence electrons. The molecule has 2 aromatic carbocycles. The van der Waals surface area contributed by atoms with Gasteiger partial charge in [-0.15, -0.1) is 0 Å². The maximum Gasteiger partial charge on any atom is 0.460 e. The Kier molecular flexibility index (Phi) is 9.99. The summed E-state index contributed by atoms with van der Waals surface area (Å²) >= 11 is 0. The summed E-state index contributed by atoms with van der Waals surface area (Å²) in [5, 5.41) is 0. The molecule has 0 amide bonds. The average Bonchev–Trinajstić information content (AvgIpc) is 2.92. The van der Waals surface area contributed by atoms with Crippen molar-refractivity contribution in [3.63, 3.8) is 0 Å². The lowest BCUT2D eigenvalue weighted by atomic mass is 9.87. The van der Waals surface area contributed by atoms with Gasteiger partial charge in [0.15, 0.2) is 5.78 Å². The van der Waals surface area contributed by atoms with Gasteiger partial charge in [0.25, 0.3) is 0 Å². The van der Waals surface area contributed by atoms with Crippen LogP contribution in [0.15, 0.2) is 54.6 Å². The van der Waals surface area contributed by atoms with Crippen molar-refractivity contribution in [2.45, 2.75) is 66.9 Å². The van der Waals surface area contributed by atoms with Crippen LogP contribution in [0.5, 0.6) is 5.75 Å². The molecule has 0 N–H and O–H groups in total. The highest BCUT2D eigenvalue weighted by molar-refractivity contribution is 5.96. The first kappa shape index (κ1) is 36.9. The largest absolute Gasteiger partial charge is 0.494 e. The first-order valence-electron chi connectivity index (χ1n) is 11.7. The number of Topliss-reactive ketones (excluding diaryl/α,β-unsaturated/α-hetero) is 1. The molecule has 0 bridgehead atoms. The van der Waals surface area contributed by atoms with Crippen LogP contribution in [0.25, 0.3) is 0 Å². The molecule has 19 heteroatoms. The number of ether oxygens (including phenoxy) is 1. The van der Waals surface area contributed by atoms with Gasteiger partial charge >= 0.3 is 47.6 Å². The summed E-state index contributed by atoms with van der Waals surface area (Å²) < 4.78 is 234. The van der Waals surface area contributed by atoms with Crippen LogP contribution < -0.4 is 4.74 Å². The van der Waals surface area contributed by atoms with Crippen molar-refractivity contribution >= 4 is 5.78 Å². The molecule has 0 fully saturated rings. The predicted octanol–water partition coefficient (Wildman–Crippen LogP) is 9.58. The second-order valence-electron chi connectivity index (χ2n) is 9.14. The standard InChI is InChI=1S/C25H17F17O2/c26-18(27,15-11-9-14(10-12-15)17(43)8-4-5-13-44-16-6-2-1-3-7-16)19(28,29)20(30,31)21(32,33)22(34,35)23(36,37)24(38,39)25(40,41)42/h1-3,6-7,9-12H,4-5,8,13H2. The SMILES string of the molecule is O=C(CCCCOc1ccccc1)c1ccc(C(F)(F)C(F)(F)C(F)(F)C(F)(F)C(F)(F)C(F)(F)C(F)(F)C(F)(F)F)cc1. The second kappa shape index (κ2) is 11.9. The molecule has 0 spiro atoms. The molecule has 44 heavy (non-hydrogen) atoms. The molecule has 0 saturated heterocycles. The summed E-state index contributed by atoms with van der Waals surface area (Å²) in [6.07, 6.45) is -7.73. The van der Waals surface area contributed by atoms with Crippen LogP contribution in [0.3, 0.4) is 0 Å². The summed E-state index contributed by atoms with van der Waals surface area (Å²) in [4.78, 5) is 12.2. The van der Waals surface area contributed by atoms with Crippen LogP contribution in [-0.4, -0.2) is 54.1 Å². The van der Waals surface area contributed by atoms with E-state index in [1.54, 1.807) is 30.3 Å². The number of alkyl halides is 17. The summed E-state index contributed by atoms with van der Waals surface area (Å²) in [6, 6.07) is 8.49. The minimum Gasteiger partial charge on any atom is -0.494 e. The van der Waals surface area contributed by atoms with E-state index in [0.717, 1.165) is 0 Å². The van der Waals surface area contributed by atoms with Crippen LogP contribution in [-0.2, 0) is 5.92 Å². The van der Waals surface area contributed by atoms with Gasteiger partial charge in [0.05, 0.1) is 6.61 Å². The van der Waals surface area contributed by atoms with E-state index >= 15 is 0 Å². The molecule has 0 heterocycles. The molecule has 0 unspecified atom stereocenters. The van der Waals surface area contributed by atoms with Crippen molar-refractivity contribution in [3.8, 4) is 5.75 Å². The fourth-order valence-corrected chi connectivity index (χ4v) is 3.45. The minimum atomic E-state index is -8.69. The first-order chi connectivity index (χ1) is 19.7. The molecule has 0 aliphatic carbocycles. The number of halogens is 17. The number of hydrogen-bond donors (Lipinski definition) is 0. The number of carbonyl (C=O) groups is 1. The van der Waals surface area contributed by atoms with E-state index in [0.29, 0.717) is 17.9 Å². The fourth-order valence-electron chi connectivity index (χ4n) is 3.45. The maximum atomic E-state index is 14.4. The van der Waals surface area contributed by atoms with Gasteiger partial charge in [0, 0.05) is 17.5 Å². The number of ketones is 1. The highest BCUT2D eigenvalue weighted by atomic mass is 19.4. The van der Waals surface area contributed by atoms with Crippen molar-refractivity contribution in [1.29, 1.82) is 0 Å². The molecule has 2 rings (SSSR count). The molecule has 0 atom stereocenters. The van der Waals surface area contributed by atoms with Gasteiger partial charge in [-0.25, -0.2) is 0 Å². The van der Waals surface area contributed by atoms with Gasteiger partial charge in [0.1, 0.15) is 5.75 Å². The molecule has 0 aliphatic rings. The quantitative estimate of drug-likeness (QED) is 0.114. The summed E-state index contributed by atoms with van der Waals surface area (Å²) in [6.45, 7) is 0.120. The smallest absolute Gasteiger partial charge is 0.460 e. The van der Waals surface area contributed by atoms with E-state index in [1.165, 1.54) is 0 Å². The Morgan fingerprint density at radius 3 is 1.41 bits per heavy atom. The molecule has 0 aliphatic heterocycles. The van der Waals surface area contributed by atoms with E-state index in [-0.39, 0.29) is 38.0 Å². The maximum absolute atomic E-state index is 14.4. The molecule has 0 radical (unpaired) electrons. The summed E-state index contributed by atoms with van der Waals surface area (Å²) in [5.74, 6) is -57.4. The van der Waals surface area contributed by atoms with Crippen LogP contribution >= 0.6 is 0 Å². The summed E-state index contributed by atoms with van der Waals surface area (Å²) in [7, 11) is 0. The number of benzene rings is 2. The van der Waals surface area contributed by atoms with E-state index in [9.17, 15) is 79.4 Å². The number of unbranched alkanes of at least 4 members (excludes halogenated alkanes) is 1. The van der Waals surface area contributed by atoms with Crippen LogP contribution in [0.1, 0.15) is 35.2 Å². The Hall–Kier alpha value is -3.28. The number of carbonyl (C=O) groups excluding carboxylic acids is 1. The molecule has 2 aromatic rings. The monoisotopic (exact) mass is 672 g/mol. The lowest BCUT2D eigenvalue weighted by molar-refractivity contribution is -0.462. The topological polar surface area (TPSA) is 26.3 Å². The third-order valence-corrected chi connectivity index (χ3v) is 6.10. The van der Waals surface area contributed by atoms with E-state index in [4.69, 9.17) is 4.74 Å². The lowest BCUT2D eigenvalue weighted by Gasteiger charge is -2.42. The first-order valence-corrected chi connectivity index (χ1v) is 11.7. The highest BCUT2D eigenvalue weighted by Crippen LogP contribution is 2.65. The third kappa shape index (κ3) is 6.01. The van der Waals surface area contributed by atoms with Crippen molar-refractivity contribution in [3.05, 3.63) is 65.7 Å². The second-order valence-corrected chi connectivity index (χ2v) is 9.14. The zero-order chi connectivity index (χ0) is 34.2. The molecular formula is C25H17F17O2. The van der Waals surface area contributed by atoms with Crippen molar-refractivity contribution in [2.24, 2.45) is 0 Å². The van der Waals surface area contributed by atoms with Gasteiger partial charge in [0.2, 0.25) is 0 Å². The Balaban J connectivity index is 2.26. The minimum absolute atomic E-state index is 0.120. The Morgan fingerprint density at radius 2 is 0.955 bits per heavy atom. The Labute approximate surface area is 235 Å². The van der Waals surface area contributed by atoms with Gasteiger partial charge in [-0.05, 0) is 25.0 Å². The van der Waals surface area contributed by atoms with Gasteiger partial charge < -0.3 is 4.74 Å². The average molecular weight is 672 g/mol. The zero-order valence-corrected chi connectivity index (χ0v) is 21.3. The van der Waals surface area contributed by atoms with E-state index < -0.39 is 64.5 Å². The third-order valence-electron chi connectivity index (χ3n) is 6.10. The molecule has 0 saturated carbocycles. The lowest BCUT2D eigenvalue weighted by Crippen LogP contribution is -2.74. The summed E-state index contributed by atoms with van der Waals surface area (Å²) in [5.41, 5.74) is -2.89. The molecule has 0 aromatic heterocycles. The van der Waals surface area contributed by atoms with Crippen LogP contribution in [0, 0.1) is 0 Å². The Bertz CT molecular complexity index is 1270.